The van der Waals surface area contributed by atoms with E-state index in [0.717, 1.165) is 6.07 Å². The summed E-state index contributed by atoms with van der Waals surface area (Å²) in [5, 5.41) is 18.3. The number of sulfone groups is 1. The van der Waals surface area contributed by atoms with Gasteiger partial charge in [0.2, 0.25) is 0 Å². The molecule has 0 aliphatic carbocycles. The highest BCUT2D eigenvalue weighted by molar-refractivity contribution is 8.01. The minimum atomic E-state index is -3.41. The minimum Gasteiger partial charge on any atom is -0.508 e. The van der Waals surface area contributed by atoms with Crippen LogP contribution in [0.4, 0.5) is 0 Å². The summed E-state index contributed by atoms with van der Waals surface area (Å²) in [5.41, 5.74) is -0.0850. The summed E-state index contributed by atoms with van der Waals surface area (Å²) < 4.78 is 24.3. The number of phenols is 2. The number of rotatable bonds is 3. The monoisotopic (exact) mass is 331 g/mol. The molecular weight excluding hydrogens is 314 g/mol. The van der Waals surface area contributed by atoms with Crippen LogP contribution in [0.5, 0.6) is 11.5 Å². The Bertz CT molecular complexity index is 644. The number of hydrogen-bond donors (Lipinski definition) is 2. The van der Waals surface area contributed by atoms with E-state index < -0.39 is 21.1 Å². The molecular formula is C13H17NO5S2. The third kappa shape index (κ3) is 3.26. The molecule has 0 spiro atoms. The molecule has 8 heteroatoms. The van der Waals surface area contributed by atoms with E-state index in [1.165, 1.54) is 28.8 Å². The van der Waals surface area contributed by atoms with Gasteiger partial charge in [0.25, 0.3) is 5.91 Å². The minimum absolute atomic E-state index is 0.0476. The van der Waals surface area contributed by atoms with E-state index in [9.17, 15) is 23.4 Å². The van der Waals surface area contributed by atoms with Crippen molar-refractivity contribution in [2.75, 3.05) is 23.8 Å². The van der Waals surface area contributed by atoms with E-state index in [4.69, 9.17) is 0 Å². The highest BCUT2D eigenvalue weighted by Gasteiger charge is 2.36. The van der Waals surface area contributed by atoms with Gasteiger partial charge in [-0.15, -0.1) is 0 Å². The van der Waals surface area contributed by atoms with Crippen LogP contribution in [-0.4, -0.2) is 58.6 Å². The standard InChI is InChI=1S/C13H17NO5S2/c1-2-21(18,19)12-8-20-6-5-14(12)13(17)10-7-9(15)3-4-11(10)16/h3-4,7,12,15-16H,2,5-6,8H2,1H3. The van der Waals surface area contributed by atoms with Gasteiger partial charge in [0.15, 0.2) is 9.84 Å². The Morgan fingerprint density at radius 1 is 1.43 bits per heavy atom. The average molecular weight is 331 g/mol. The highest BCUT2D eigenvalue weighted by atomic mass is 32.2. The SMILES string of the molecule is CCS(=O)(=O)C1CSCCN1C(=O)c1cc(O)ccc1O. The molecule has 116 valence electrons. The van der Waals surface area contributed by atoms with Crippen molar-refractivity contribution < 1.29 is 23.4 Å². The summed E-state index contributed by atoms with van der Waals surface area (Å²) in [6, 6.07) is 3.62. The van der Waals surface area contributed by atoms with Crippen molar-refractivity contribution in [3.63, 3.8) is 0 Å². The molecule has 1 aromatic carbocycles. The maximum atomic E-state index is 12.5. The number of benzene rings is 1. The Morgan fingerprint density at radius 2 is 2.14 bits per heavy atom. The molecule has 1 aromatic rings. The van der Waals surface area contributed by atoms with Gasteiger partial charge >= 0.3 is 0 Å². The van der Waals surface area contributed by atoms with E-state index in [2.05, 4.69) is 0 Å². The maximum absolute atomic E-state index is 12.5. The first-order chi connectivity index (χ1) is 9.86. The second-order valence-electron chi connectivity index (χ2n) is 4.68. The second kappa shape index (κ2) is 6.15. The predicted octanol–water partition coefficient (Wildman–Crippen LogP) is 1.05. The van der Waals surface area contributed by atoms with Crippen LogP contribution in [0.1, 0.15) is 17.3 Å². The quantitative estimate of drug-likeness (QED) is 0.804. The van der Waals surface area contributed by atoms with Gasteiger partial charge in [-0.05, 0) is 18.2 Å². The number of carbonyl (C=O) groups excluding carboxylic acids is 1. The molecule has 0 aromatic heterocycles. The number of hydrogen-bond acceptors (Lipinski definition) is 6. The Balaban J connectivity index is 2.37. The highest BCUT2D eigenvalue weighted by Crippen LogP contribution is 2.28. The van der Waals surface area contributed by atoms with Crippen molar-refractivity contribution in [1.29, 1.82) is 0 Å². The molecule has 2 rings (SSSR count). The number of phenolic OH excluding ortho intramolecular Hbond substituents is 2. The second-order valence-corrected chi connectivity index (χ2v) is 8.28. The van der Waals surface area contributed by atoms with Gasteiger partial charge < -0.3 is 15.1 Å². The maximum Gasteiger partial charge on any atom is 0.258 e. The summed E-state index contributed by atoms with van der Waals surface area (Å²) in [6.07, 6.45) is 0. The normalized spacial score (nSPS) is 19.5. The zero-order valence-corrected chi connectivity index (χ0v) is 13.2. The van der Waals surface area contributed by atoms with E-state index >= 15 is 0 Å². The van der Waals surface area contributed by atoms with E-state index in [0.29, 0.717) is 18.1 Å². The molecule has 1 unspecified atom stereocenters. The first-order valence-electron chi connectivity index (χ1n) is 6.49. The zero-order valence-electron chi connectivity index (χ0n) is 11.5. The predicted molar refractivity (Wildman–Crippen MR) is 81.4 cm³/mol. The number of amides is 1. The van der Waals surface area contributed by atoms with E-state index in [1.807, 2.05) is 0 Å². The fourth-order valence-electron chi connectivity index (χ4n) is 2.15. The van der Waals surface area contributed by atoms with Gasteiger partial charge in [-0.1, -0.05) is 6.92 Å². The van der Waals surface area contributed by atoms with Crippen molar-refractivity contribution in [2.24, 2.45) is 0 Å². The molecule has 0 saturated carbocycles. The number of carbonyl (C=O) groups is 1. The van der Waals surface area contributed by atoms with Crippen LogP contribution in [0.2, 0.25) is 0 Å². The van der Waals surface area contributed by atoms with Crippen LogP contribution in [0, 0.1) is 0 Å². The molecule has 1 fully saturated rings. The van der Waals surface area contributed by atoms with Crippen LogP contribution < -0.4 is 0 Å². The molecule has 1 atom stereocenters. The van der Waals surface area contributed by atoms with Crippen molar-refractivity contribution >= 4 is 27.5 Å². The van der Waals surface area contributed by atoms with Crippen LogP contribution in [0.15, 0.2) is 18.2 Å². The van der Waals surface area contributed by atoms with Crippen molar-refractivity contribution in [1.82, 2.24) is 4.90 Å². The Morgan fingerprint density at radius 3 is 2.81 bits per heavy atom. The lowest BCUT2D eigenvalue weighted by molar-refractivity contribution is 0.0746. The zero-order chi connectivity index (χ0) is 15.6. The van der Waals surface area contributed by atoms with Crippen LogP contribution >= 0.6 is 11.8 Å². The number of nitrogens with zero attached hydrogens (tertiary/aromatic N) is 1. The molecule has 21 heavy (non-hydrogen) atoms. The van der Waals surface area contributed by atoms with Crippen LogP contribution in [0.3, 0.4) is 0 Å². The largest absolute Gasteiger partial charge is 0.508 e. The molecule has 1 aliphatic rings. The summed E-state index contributed by atoms with van der Waals surface area (Å²) in [5.74, 6) is -0.0943. The average Bonchev–Trinajstić information content (AvgIpc) is 2.49. The van der Waals surface area contributed by atoms with Crippen molar-refractivity contribution in [3.8, 4) is 11.5 Å². The lowest BCUT2D eigenvalue weighted by Crippen LogP contribution is -2.50. The molecule has 1 heterocycles. The summed E-state index contributed by atoms with van der Waals surface area (Å²) in [4.78, 5) is 13.8. The molecule has 6 nitrogen and oxygen atoms in total. The van der Waals surface area contributed by atoms with Crippen LogP contribution in [0.25, 0.3) is 0 Å². The lowest BCUT2D eigenvalue weighted by atomic mass is 10.1. The molecule has 0 bridgehead atoms. The molecule has 1 saturated heterocycles. The number of thioether (sulfide) groups is 1. The van der Waals surface area contributed by atoms with Crippen molar-refractivity contribution in [2.45, 2.75) is 12.3 Å². The van der Waals surface area contributed by atoms with Crippen molar-refractivity contribution in [3.05, 3.63) is 23.8 Å². The van der Waals surface area contributed by atoms with Gasteiger partial charge in [-0.3, -0.25) is 4.79 Å². The van der Waals surface area contributed by atoms with Gasteiger partial charge in [0, 0.05) is 23.8 Å². The Hall–Kier alpha value is -1.41. The fraction of sp³-hybridized carbons (Fsp3) is 0.462. The molecule has 1 amide bonds. The lowest BCUT2D eigenvalue weighted by Gasteiger charge is -2.34. The van der Waals surface area contributed by atoms with Gasteiger partial charge in [0.1, 0.15) is 16.9 Å². The van der Waals surface area contributed by atoms with E-state index in [1.54, 1.807) is 6.92 Å². The van der Waals surface area contributed by atoms with Gasteiger partial charge in [-0.25, -0.2) is 8.42 Å². The first-order valence-corrected chi connectivity index (χ1v) is 9.36. The first kappa shape index (κ1) is 16.0. The molecule has 0 radical (unpaired) electrons. The fourth-order valence-corrected chi connectivity index (χ4v) is 5.12. The summed E-state index contributed by atoms with van der Waals surface area (Å²) >= 11 is 1.48. The summed E-state index contributed by atoms with van der Waals surface area (Å²) in [7, 11) is -3.41. The number of aromatic hydroxyl groups is 2. The molecule has 2 N–H and O–H groups in total. The summed E-state index contributed by atoms with van der Waals surface area (Å²) in [6.45, 7) is 1.84. The molecule has 1 aliphatic heterocycles. The Labute approximate surface area is 127 Å². The smallest absolute Gasteiger partial charge is 0.258 e. The van der Waals surface area contributed by atoms with Gasteiger partial charge in [-0.2, -0.15) is 11.8 Å². The van der Waals surface area contributed by atoms with Gasteiger partial charge in [0.05, 0.1) is 5.56 Å². The van der Waals surface area contributed by atoms with E-state index in [-0.39, 0.29) is 22.8 Å². The third-order valence-corrected chi connectivity index (χ3v) is 6.66. The third-order valence-electron chi connectivity index (χ3n) is 3.37. The Kier molecular flexibility index (Phi) is 4.67. The topological polar surface area (TPSA) is 94.9 Å². The van der Waals surface area contributed by atoms with Crippen LogP contribution in [-0.2, 0) is 9.84 Å².